The summed E-state index contributed by atoms with van der Waals surface area (Å²) >= 11 is 11.5. The second-order valence-corrected chi connectivity index (χ2v) is 5.77. The highest BCUT2D eigenvalue weighted by Gasteiger charge is 2.08. The SMILES string of the molecule is COc1ccc(Br)cc1Cn1cc(Cl)c(I)n1. The Morgan fingerprint density at radius 3 is 2.88 bits per heavy atom. The van der Waals surface area contributed by atoms with Crippen molar-refractivity contribution in [1.29, 1.82) is 0 Å². The van der Waals surface area contributed by atoms with Gasteiger partial charge in [0, 0.05) is 16.2 Å². The van der Waals surface area contributed by atoms with E-state index in [1.807, 2.05) is 24.4 Å². The van der Waals surface area contributed by atoms with Gasteiger partial charge in [0.05, 0.1) is 18.7 Å². The van der Waals surface area contributed by atoms with Gasteiger partial charge in [-0.2, -0.15) is 5.10 Å². The minimum Gasteiger partial charge on any atom is -0.496 e. The van der Waals surface area contributed by atoms with Crippen molar-refractivity contribution in [2.24, 2.45) is 0 Å². The van der Waals surface area contributed by atoms with E-state index in [-0.39, 0.29) is 0 Å². The lowest BCUT2D eigenvalue weighted by atomic mass is 10.2. The van der Waals surface area contributed by atoms with Crippen LogP contribution in [0.25, 0.3) is 0 Å². The highest BCUT2D eigenvalue weighted by molar-refractivity contribution is 14.1. The van der Waals surface area contributed by atoms with Gasteiger partial charge in [-0.1, -0.05) is 27.5 Å². The number of halogens is 3. The first-order valence-electron chi connectivity index (χ1n) is 4.81. The minimum atomic E-state index is 0.630. The van der Waals surface area contributed by atoms with Crippen LogP contribution in [0, 0.1) is 3.70 Å². The van der Waals surface area contributed by atoms with Crippen molar-refractivity contribution < 1.29 is 4.74 Å². The fourth-order valence-corrected chi connectivity index (χ4v) is 2.48. The Hall–Kier alpha value is -0.270. The zero-order valence-electron chi connectivity index (χ0n) is 8.95. The lowest BCUT2D eigenvalue weighted by Crippen LogP contribution is -2.02. The Morgan fingerprint density at radius 2 is 2.29 bits per heavy atom. The standard InChI is InChI=1S/C11H9BrClIN2O/c1-17-10-3-2-8(12)4-7(10)5-16-6-9(13)11(14)15-16/h2-4,6H,5H2,1H3. The third-order valence-corrected chi connectivity index (χ3v) is 4.14. The van der Waals surface area contributed by atoms with Crippen LogP contribution >= 0.6 is 50.1 Å². The molecule has 1 heterocycles. The zero-order chi connectivity index (χ0) is 12.4. The Balaban J connectivity index is 2.31. The molecule has 0 saturated heterocycles. The zero-order valence-corrected chi connectivity index (χ0v) is 13.5. The molecule has 90 valence electrons. The van der Waals surface area contributed by atoms with Crippen LogP contribution in [0.1, 0.15) is 5.56 Å². The van der Waals surface area contributed by atoms with Crippen molar-refractivity contribution >= 4 is 50.1 Å². The number of methoxy groups -OCH3 is 1. The summed E-state index contributed by atoms with van der Waals surface area (Å²) in [6, 6.07) is 5.89. The molecule has 0 spiro atoms. The average molecular weight is 427 g/mol. The maximum Gasteiger partial charge on any atom is 0.141 e. The second-order valence-electron chi connectivity index (χ2n) is 3.42. The summed E-state index contributed by atoms with van der Waals surface area (Å²) in [5.74, 6) is 0.842. The van der Waals surface area contributed by atoms with Crippen molar-refractivity contribution in [3.8, 4) is 5.75 Å². The lowest BCUT2D eigenvalue weighted by Gasteiger charge is -2.08. The summed E-state index contributed by atoms with van der Waals surface area (Å²) in [6.07, 6.45) is 1.81. The molecule has 17 heavy (non-hydrogen) atoms. The van der Waals surface area contributed by atoms with E-state index in [1.165, 1.54) is 0 Å². The van der Waals surface area contributed by atoms with Gasteiger partial charge in [0.15, 0.2) is 0 Å². The molecule has 3 nitrogen and oxygen atoms in total. The molecular weight excluding hydrogens is 418 g/mol. The van der Waals surface area contributed by atoms with Crippen LogP contribution in [0.2, 0.25) is 5.02 Å². The molecule has 0 radical (unpaired) electrons. The second kappa shape index (κ2) is 5.58. The molecule has 0 bridgehead atoms. The summed E-state index contributed by atoms with van der Waals surface area (Å²) in [7, 11) is 1.66. The first-order valence-corrected chi connectivity index (χ1v) is 7.06. The summed E-state index contributed by atoms with van der Waals surface area (Å²) in [4.78, 5) is 0. The van der Waals surface area contributed by atoms with Crippen LogP contribution in [-0.2, 0) is 6.54 Å². The third-order valence-electron chi connectivity index (χ3n) is 2.25. The van der Waals surface area contributed by atoms with E-state index in [9.17, 15) is 0 Å². The largest absolute Gasteiger partial charge is 0.496 e. The lowest BCUT2D eigenvalue weighted by molar-refractivity contribution is 0.407. The number of hydrogen-bond acceptors (Lipinski definition) is 2. The smallest absolute Gasteiger partial charge is 0.141 e. The van der Waals surface area contributed by atoms with Gasteiger partial charge < -0.3 is 4.74 Å². The Bertz CT molecular complexity index is 525. The topological polar surface area (TPSA) is 27.1 Å². The number of aromatic nitrogens is 2. The van der Waals surface area contributed by atoms with Crippen LogP contribution < -0.4 is 4.74 Å². The Kier molecular flexibility index (Phi) is 4.32. The summed E-state index contributed by atoms with van der Waals surface area (Å²) in [6.45, 7) is 0.630. The molecule has 0 N–H and O–H groups in total. The molecule has 1 aromatic carbocycles. The first kappa shape index (κ1) is 13.2. The normalized spacial score (nSPS) is 10.6. The Morgan fingerprint density at radius 1 is 1.53 bits per heavy atom. The van der Waals surface area contributed by atoms with Crippen molar-refractivity contribution in [1.82, 2.24) is 9.78 Å². The van der Waals surface area contributed by atoms with E-state index in [2.05, 4.69) is 43.6 Å². The van der Waals surface area contributed by atoms with E-state index < -0.39 is 0 Å². The molecule has 0 amide bonds. The molecule has 0 unspecified atom stereocenters. The molecule has 2 aromatic rings. The number of rotatable bonds is 3. The molecule has 0 saturated carbocycles. The minimum absolute atomic E-state index is 0.630. The van der Waals surface area contributed by atoms with Crippen molar-refractivity contribution in [2.75, 3.05) is 7.11 Å². The van der Waals surface area contributed by atoms with Gasteiger partial charge in [0.1, 0.15) is 9.45 Å². The summed E-state index contributed by atoms with van der Waals surface area (Å²) < 4.78 is 8.93. The predicted octanol–water partition coefficient (Wildman–Crippen LogP) is 3.96. The molecular formula is C11H9BrClIN2O. The molecule has 1 aromatic heterocycles. The number of ether oxygens (including phenoxy) is 1. The fourth-order valence-electron chi connectivity index (χ4n) is 1.50. The number of nitrogens with zero attached hydrogens (tertiary/aromatic N) is 2. The number of benzene rings is 1. The van der Waals surface area contributed by atoms with Gasteiger partial charge in [-0.25, -0.2) is 0 Å². The maximum absolute atomic E-state index is 5.97. The van der Waals surface area contributed by atoms with E-state index in [0.29, 0.717) is 11.6 Å². The van der Waals surface area contributed by atoms with Gasteiger partial charge in [-0.05, 0) is 40.8 Å². The molecule has 0 aliphatic rings. The molecule has 0 fully saturated rings. The van der Waals surface area contributed by atoms with Crippen LogP contribution in [0.15, 0.2) is 28.9 Å². The average Bonchev–Trinajstić information content (AvgIpc) is 2.58. The highest BCUT2D eigenvalue weighted by Crippen LogP contribution is 2.24. The quantitative estimate of drug-likeness (QED) is 0.694. The van der Waals surface area contributed by atoms with E-state index >= 15 is 0 Å². The van der Waals surface area contributed by atoms with Crippen molar-refractivity contribution in [3.05, 3.63) is 43.2 Å². The van der Waals surface area contributed by atoms with Crippen molar-refractivity contribution in [2.45, 2.75) is 6.54 Å². The monoisotopic (exact) mass is 426 g/mol. The summed E-state index contributed by atoms with van der Waals surface area (Å²) in [5, 5.41) is 4.98. The van der Waals surface area contributed by atoms with E-state index in [0.717, 1.165) is 19.5 Å². The van der Waals surface area contributed by atoms with Crippen LogP contribution in [0.4, 0.5) is 0 Å². The third kappa shape index (κ3) is 3.14. The summed E-state index contributed by atoms with van der Waals surface area (Å²) in [5.41, 5.74) is 1.05. The molecule has 0 atom stereocenters. The number of hydrogen-bond donors (Lipinski definition) is 0. The molecule has 2 rings (SSSR count). The van der Waals surface area contributed by atoms with Crippen molar-refractivity contribution in [3.63, 3.8) is 0 Å². The first-order chi connectivity index (χ1) is 8.10. The molecule has 0 aliphatic heterocycles. The Labute approximate surface area is 126 Å². The van der Waals surface area contributed by atoms with Gasteiger partial charge in [0.25, 0.3) is 0 Å². The highest BCUT2D eigenvalue weighted by atomic mass is 127. The predicted molar refractivity (Wildman–Crippen MR) is 79.8 cm³/mol. The van der Waals surface area contributed by atoms with Gasteiger partial charge in [-0.15, -0.1) is 0 Å². The van der Waals surface area contributed by atoms with Gasteiger partial charge in [0.2, 0.25) is 0 Å². The van der Waals surface area contributed by atoms with E-state index in [4.69, 9.17) is 16.3 Å². The van der Waals surface area contributed by atoms with Gasteiger partial charge in [-0.3, -0.25) is 4.68 Å². The van der Waals surface area contributed by atoms with Gasteiger partial charge >= 0.3 is 0 Å². The van der Waals surface area contributed by atoms with E-state index in [1.54, 1.807) is 11.8 Å². The van der Waals surface area contributed by atoms with Crippen LogP contribution in [0.5, 0.6) is 5.75 Å². The van der Waals surface area contributed by atoms with Crippen LogP contribution in [0.3, 0.4) is 0 Å². The fraction of sp³-hybridized carbons (Fsp3) is 0.182. The maximum atomic E-state index is 5.97. The van der Waals surface area contributed by atoms with Crippen LogP contribution in [-0.4, -0.2) is 16.9 Å². The molecule has 0 aliphatic carbocycles. The molecule has 6 heteroatoms.